The number of carbonyl (C=O) groups excluding carboxylic acids is 2. The molecule has 8 heteroatoms. The minimum absolute atomic E-state index is 0.0392. The lowest BCUT2D eigenvalue weighted by Gasteiger charge is -2.32. The Balaban J connectivity index is 2.49. The maximum atomic E-state index is 13.6. The van der Waals surface area contributed by atoms with E-state index in [1.165, 1.54) is 24.3 Å². The topological polar surface area (TPSA) is 82.3 Å². The number of hydrogen-bond acceptors (Lipinski definition) is 3. The number of nitriles is 1. The highest BCUT2D eigenvalue weighted by Gasteiger charge is 2.69. The van der Waals surface area contributed by atoms with Gasteiger partial charge in [0.05, 0.1) is 6.07 Å². The quantitative estimate of drug-likeness (QED) is 0.905. The standard InChI is InChI=1S/C15H12F3N3O2/c1-8-4-3-5-10(6-8)12(22)21-14(15(16,17)18)11(7-19)9(2)20-13(14)23/h3-6,11H,1-2H3,(H,21,22). The number of carbonyl (C=O) groups is 2. The smallest absolute Gasteiger partial charge is 0.329 e. The molecule has 0 aromatic heterocycles. The van der Waals surface area contributed by atoms with Crippen LogP contribution in [0.2, 0.25) is 0 Å². The molecule has 1 aliphatic rings. The first-order valence-corrected chi connectivity index (χ1v) is 6.58. The third-order valence-electron chi connectivity index (χ3n) is 3.63. The van der Waals surface area contributed by atoms with Crippen LogP contribution in [0.15, 0.2) is 29.3 Å². The van der Waals surface area contributed by atoms with Crippen LogP contribution in [-0.4, -0.2) is 29.2 Å². The molecule has 5 nitrogen and oxygen atoms in total. The van der Waals surface area contributed by atoms with Crippen LogP contribution in [0.4, 0.5) is 13.2 Å². The van der Waals surface area contributed by atoms with Gasteiger partial charge in [0.1, 0.15) is 5.92 Å². The molecule has 2 amide bonds. The third-order valence-corrected chi connectivity index (χ3v) is 3.63. The van der Waals surface area contributed by atoms with Crippen LogP contribution in [0.25, 0.3) is 0 Å². The Bertz CT molecular complexity index is 749. The van der Waals surface area contributed by atoms with Gasteiger partial charge in [-0.1, -0.05) is 17.7 Å². The summed E-state index contributed by atoms with van der Waals surface area (Å²) < 4.78 is 40.7. The predicted molar refractivity (Wildman–Crippen MR) is 74.7 cm³/mol. The zero-order chi connectivity index (χ0) is 17.4. The Morgan fingerprint density at radius 3 is 2.57 bits per heavy atom. The molecular formula is C15H12F3N3O2. The van der Waals surface area contributed by atoms with Crippen LogP contribution in [0, 0.1) is 24.2 Å². The van der Waals surface area contributed by atoms with Gasteiger partial charge in [-0.25, -0.2) is 4.99 Å². The normalized spacial score (nSPS) is 24.1. The highest BCUT2D eigenvalue weighted by Crippen LogP contribution is 2.41. The van der Waals surface area contributed by atoms with Gasteiger partial charge in [-0.15, -0.1) is 0 Å². The fourth-order valence-electron chi connectivity index (χ4n) is 2.46. The van der Waals surface area contributed by atoms with Crippen molar-refractivity contribution in [3.63, 3.8) is 0 Å². The molecule has 0 saturated heterocycles. The number of aryl methyl sites for hydroxylation is 1. The second-order valence-corrected chi connectivity index (χ2v) is 5.25. The van der Waals surface area contributed by atoms with E-state index < -0.39 is 29.4 Å². The van der Waals surface area contributed by atoms with Gasteiger partial charge < -0.3 is 5.32 Å². The first-order valence-electron chi connectivity index (χ1n) is 6.58. The number of aliphatic imine (C=N–C) groups is 1. The van der Waals surface area contributed by atoms with Crippen LogP contribution < -0.4 is 5.32 Å². The van der Waals surface area contributed by atoms with Crippen molar-refractivity contribution in [2.24, 2.45) is 10.9 Å². The van der Waals surface area contributed by atoms with Gasteiger partial charge in [-0.05, 0) is 26.0 Å². The lowest BCUT2D eigenvalue weighted by molar-refractivity contribution is -0.197. The first-order chi connectivity index (χ1) is 10.6. The molecule has 0 saturated carbocycles. The second-order valence-electron chi connectivity index (χ2n) is 5.25. The van der Waals surface area contributed by atoms with Gasteiger partial charge in [-0.3, -0.25) is 9.59 Å². The van der Waals surface area contributed by atoms with E-state index in [1.54, 1.807) is 18.3 Å². The van der Waals surface area contributed by atoms with Gasteiger partial charge in [0.25, 0.3) is 11.8 Å². The molecule has 23 heavy (non-hydrogen) atoms. The highest BCUT2D eigenvalue weighted by molar-refractivity contribution is 6.13. The van der Waals surface area contributed by atoms with Crippen molar-refractivity contribution in [3.05, 3.63) is 35.4 Å². The molecule has 1 aliphatic heterocycles. The maximum Gasteiger partial charge on any atom is 0.422 e. The van der Waals surface area contributed by atoms with Crippen molar-refractivity contribution in [3.8, 4) is 6.07 Å². The summed E-state index contributed by atoms with van der Waals surface area (Å²) in [5.74, 6) is -4.58. The number of benzene rings is 1. The Labute approximate surface area is 129 Å². The number of amides is 2. The van der Waals surface area contributed by atoms with E-state index in [2.05, 4.69) is 4.99 Å². The monoisotopic (exact) mass is 323 g/mol. The van der Waals surface area contributed by atoms with Gasteiger partial charge in [-0.2, -0.15) is 18.4 Å². The van der Waals surface area contributed by atoms with E-state index >= 15 is 0 Å². The summed E-state index contributed by atoms with van der Waals surface area (Å²) >= 11 is 0. The molecule has 2 rings (SSSR count). The van der Waals surface area contributed by atoms with Gasteiger partial charge >= 0.3 is 6.18 Å². The van der Waals surface area contributed by atoms with Gasteiger partial charge in [0.15, 0.2) is 0 Å². The summed E-state index contributed by atoms with van der Waals surface area (Å²) in [4.78, 5) is 27.3. The molecule has 2 atom stereocenters. The lowest BCUT2D eigenvalue weighted by atomic mass is 9.83. The molecule has 1 heterocycles. The van der Waals surface area contributed by atoms with Crippen LogP contribution in [0.5, 0.6) is 0 Å². The molecule has 120 valence electrons. The fraction of sp³-hybridized carbons (Fsp3) is 0.333. The van der Waals surface area contributed by atoms with E-state index in [1.807, 2.05) is 0 Å². The summed E-state index contributed by atoms with van der Waals surface area (Å²) in [7, 11) is 0. The van der Waals surface area contributed by atoms with E-state index in [4.69, 9.17) is 5.26 Å². The third kappa shape index (κ3) is 2.59. The fourth-order valence-corrected chi connectivity index (χ4v) is 2.46. The number of hydrogen-bond donors (Lipinski definition) is 1. The number of halogens is 3. The van der Waals surface area contributed by atoms with Crippen molar-refractivity contribution in [1.29, 1.82) is 5.26 Å². The van der Waals surface area contributed by atoms with Crippen molar-refractivity contribution in [2.45, 2.75) is 25.6 Å². The molecule has 0 radical (unpaired) electrons. The summed E-state index contributed by atoms with van der Waals surface area (Å²) in [5, 5.41) is 10.8. The van der Waals surface area contributed by atoms with Crippen molar-refractivity contribution in [1.82, 2.24) is 5.32 Å². The van der Waals surface area contributed by atoms with Gasteiger partial charge in [0.2, 0.25) is 5.54 Å². The molecular weight excluding hydrogens is 311 g/mol. The lowest BCUT2D eigenvalue weighted by Crippen LogP contribution is -2.66. The largest absolute Gasteiger partial charge is 0.422 e. The number of nitrogens with one attached hydrogen (secondary N) is 1. The average Bonchev–Trinajstić information content (AvgIpc) is 2.69. The van der Waals surface area contributed by atoms with Crippen molar-refractivity contribution in [2.75, 3.05) is 0 Å². The van der Waals surface area contributed by atoms with E-state index in [0.717, 1.165) is 6.92 Å². The van der Waals surface area contributed by atoms with Crippen LogP contribution in [0.3, 0.4) is 0 Å². The van der Waals surface area contributed by atoms with Crippen LogP contribution in [-0.2, 0) is 4.79 Å². The minimum atomic E-state index is -5.16. The molecule has 0 bridgehead atoms. The zero-order valence-corrected chi connectivity index (χ0v) is 12.2. The Hall–Kier alpha value is -2.69. The van der Waals surface area contributed by atoms with Gasteiger partial charge in [0, 0.05) is 11.3 Å². The molecule has 1 aromatic carbocycles. The minimum Gasteiger partial charge on any atom is -0.329 e. The van der Waals surface area contributed by atoms with E-state index in [9.17, 15) is 22.8 Å². The van der Waals surface area contributed by atoms with Crippen LogP contribution >= 0.6 is 0 Å². The summed E-state index contributed by atoms with van der Waals surface area (Å²) in [6, 6.07) is 7.30. The Morgan fingerprint density at radius 1 is 1.39 bits per heavy atom. The number of rotatable bonds is 2. The maximum absolute atomic E-state index is 13.6. The Kier molecular flexibility index (Phi) is 3.99. The Morgan fingerprint density at radius 2 is 2.04 bits per heavy atom. The van der Waals surface area contributed by atoms with E-state index in [0.29, 0.717) is 5.56 Å². The molecule has 2 unspecified atom stereocenters. The molecule has 1 N–H and O–H groups in total. The zero-order valence-electron chi connectivity index (χ0n) is 12.2. The SMILES string of the molecule is CC1=NC(=O)C(NC(=O)c2cccc(C)c2)(C(F)(F)F)C1C#N. The molecule has 0 spiro atoms. The van der Waals surface area contributed by atoms with Crippen molar-refractivity contribution >= 4 is 17.5 Å². The summed E-state index contributed by atoms with van der Waals surface area (Å²) in [6.45, 7) is 2.82. The van der Waals surface area contributed by atoms with Crippen molar-refractivity contribution < 1.29 is 22.8 Å². The first kappa shape index (κ1) is 16.7. The number of alkyl halides is 3. The molecule has 0 fully saturated rings. The van der Waals surface area contributed by atoms with E-state index in [-0.39, 0.29) is 11.3 Å². The molecule has 0 aliphatic carbocycles. The predicted octanol–water partition coefficient (Wildman–Crippen LogP) is 2.17. The summed E-state index contributed by atoms with van der Waals surface area (Å²) in [5.41, 5.74) is -3.00. The summed E-state index contributed by atoms with van der Waals surface area (Å²) in [6.07, 6.45) is -5.16. The second kappa shape index (κ2) is 5.50. The average molecular weight is 323 g/mol. The highest BCUT2D eigenvalue weighted by atomic mass is 19.4. The number of nitrogens with zero attached hydrogens (tertiary/aromatic N) is 2. The van der Waals surface area contributed by atoms with Crippen LogP contribution in [0.1, 0.15) is 22.8 Å². The molecule has 1 aromatic rings.